The van der Waals surface area contributed by atoms with Crippen molar-refractivity contribution >= 4 is 5.78 Å². The van der Waals surface area contributed by atoms with Gasteiger partial charge in [0.05, 0.1) is 0 Å². The third-order valence-electron chi connectivity index (χ3n) is 2.69. The maximum atomic E-state index is 11.6. The molecule has 0 aliphatic heterocycles. The number of ketones is 1. The zero-order valence-electron chi connectivity index (χ0n) is 8.42. The van der Waals surface area contributed by atoms with Crippen LogP contribution < -0.4 is 0 Å². The second-order valence-corrected chi connectivity index (χ2v) is 4.34. The van der Waals surface area contributed by atoms with Crippen molar-refractivity contribution in [1.82, 2.24) is 0 Å². The van der Waals surface area contributed by atoms with Crippen molar-refractivity contribution in [3.63, 3.8) is 0 Å². The Bertz CT molecular complexity index is 213. The average molecular weight is 166 g/mol. The van der Waals surface area contributed by atoms with E-state index in [1.807, 2.05) is 13.0 Å². The van der Waals surface area contributed by atoms with Crippen LogP contribution in [-0.2, 0) is 4.79 Å². The molecule has 0 N–H and O–H groups in total. The molecular weight excluding hydrogens is 148 g/mol. The van der Waals surface area contributed by atoms with Crippen LogP contribution in [0.1, 0.15) is 34.1 Å². The van der Waals surface area contributed by atoms with Gasteiger partial charge in [0.1, 0.15) is 0 Å². The molecule has 68 valence electrons. The monoisotopic (exact) mass is 166 g/mol. The molecule has 1 heteroatoms. The van der Waals surface area contributed by atoms with Crippen molar-refractivity contribution in [2.75, 3.05) is 0 Å². The molecule has 0 spiro atoms. The number of hydrogen-bond acceptors (Lipinski definition) is 1. The number of hydrogen-bond donors (Lipinski definition) is 0. The Labute approximate surface area is 74.9 Å². The average Bonchev–Trinajstić information content (AvgIpc) is 1.82. The summed E-state index contributed by atoms with van der Waals surface area (Å²) in [7, 11) is 0. The van der Waals surface area contributed by atoms with Gasteiger partial charge in [-0.1, -0.05) is 26.3 Å². The van der Waals surface area contributed by atoms with Crippen molar-refractivity contribution in [3.05, 3.63) is 11.6 Å². The highest BCUT2D eigenvalue weighted by atomic mass is 16.1. The van der Waals surface area contributed by atoms with E-state index in [0.717, 1.165) is 6.42 Å². The first-order chi connectivity index (χ1) is 5.52. The Morgan fingerprint density at radius 2 is 2.08 bits per heavy atom. The van der Waals surface area contributed by atoms with E-state index in [1.54, 1.807) is 0 Å². The molecule has 0 aromatic carbocycles. The van der Waals surface area contributed by atoms with Gasteiger partial charge >= 0.3 is 0 Å². The standard InChI is InChI=1S/C11H18O/c1-7(2)11-9(4)5-8(3)6-10(11)12/h6-7,9,11H,5H2,1-4H3/t9?,11-/m0/s1. The fourth-order valence-corrected chi connectivity index (χ4v) is 2.30. The van der Waals surface area contributed by atoms with E-state index in [1.165, 1.54) is 5.57 Å². The summed E-state index contributed by atoms with van der Waals surface area (Å²) in [6, 6.07) is 0. The molecule has 1 aliphatic carbocycles. The predicted molar refractivity (Wildman–Crippen MR) is 50.9 cm³/mol. The highest BCUT2D eigenvalue weighted by molar-refractivity contribution is 5.93. The molecule has 2 atom stereocenters. The first-order valence-electron chi connectivity index (χ1n) is 4.73. The zero-order valence-corrected chi connectivity index (χ0v) is 8.42. The summed E-state index contributed by atoms with van der Waals surface area (Å²) >= 11 is 0. The van der Waals surface area contributed by atoms with Gasteiger partial charge in [0, 0.05) is 5.92 Å². The zero-order chi connectivity index (χ0) is 9.30. The maximum absolute atomic E-state index is 11.6. The second-order valence-electron chi connectivity index (χ2n) is 4.34. The van der Waals surface area contributed by atoms with Crippen LogP contribution in [0.2, 0.25) is 0 Å². The van der Waals surface area contributed by atoms with Crippen LogP contribution in [0.4, 0.5) is 0 Å². The molecule has 0 fully saturated rings. The number of carbonyl (C=O) groups excluding carboxylic acids is 1. The quantitative estimate of drug-likeness (QED) is 0.585. The van der Waals surface area contributed by atoms with E-state index >= 15 is 0 Å². The first kappa shape index (κ1) is 9.50. The van der Waals surface area contributed by atoms with Crippen molar-refractivity contribution in [1.29, 1.82) is 0 Å². The Morgan fingerprint density at radius 3 is 2.50 bits per heavy atom. The minimum atomic E-state index is 0.258. The van der Waals surface area contributed by atoms with Gasteiger partial charge in [-0.2, -0.15) is 0 Å². The highest BCUT2D eigenvalue weighted by Crippen LogP contribution is 2.31. The molecule has 1 unspecified atom stereocenters. The Balaban J connectivity index is 2.83. The highest BCUT2D eigenvalue weighted by Gasteiger charge is 2.29. The minimum Gasteiger partial charge on any atom is -0.295 e. The largest absolute Gasteiger partial charge is 0.295 e. The third kappa shape index (κ3) is 1.77. The topological polar surface area (TPSA) is 17.1 Å². The van der Waals surface area contributed by atoms with Gasteiger partial charge in [-0.05, 0) is 31.3 Å². The molecule has 0 aromatic rings. The molecular formula is C11H18O. The summed E-state index contributed by atoms with van der Waals surface area (Å²) in [4.78, 5) is 11.6. The minimum absolute atomic E-state index is 0.258. The van der Waals surface area contributed by atoms with E-state index < -0.39 is 0 Å². The van der Waals surface area contributed by atoms with Gasteiger partial charge in [-0.25, -0.2) is 0 Å². The van der Waals surface area contributed by atoms with Crippen molar-refractivity contribution in [2.24, 2.45) is 17.8 Å². The van der Waals surface area contributed by atoms with Crippen LogP contribution in [0.25, 0.3) is 0 Å². The van der Waals surface area contributed by atoms with Crippen molar-refractivity contribution in [2.45, 2.75) is 34.1 Å². The molecule has 1 rings (SSSR count). The summed E-state index contributed by atoms with van der Waals surface area (Å²) in [6.45, 7) is 8.49. The lowest BCUT2D eigenvalue weighted by Crippen LogP contribution is -2.29. The van der Waals surface area contributed by atoms with Crippen LogP contribution in [0.3, 0.4) is 0 Å². The van der Waals surface area contributed by atoms with Crippen LogP contribution in [0, 0.1) is 17.8 Å². The number of rotatable bonds is 1. The molecule has 0 bridgehead atoms. The fraction of sp³-hybridized carbons (Fsp3) is 0.727. The molecule has 12 heavy (non-hydrogen) atoms. The van der Waals surface area contributed by atoms with Gasteiger partial charge in [-0.15, -0.1) is 0 Å². The summed E-state index contributed by atoms with van der Waals surface area (Å²) in [5.41, 5.74) is 1.24. The molecule has 0 heterocycles. The normalized spacial score (nSPS) is 30.8. The number of carbonyl (C=O) groups is 1. The molecule has 0 amide bonds. The predicted octanol–water partition coefficient (Wildman–Crippen LogP) is 2.81. The van der Waals surface area contributed by atoms with Gasteiger partial charge in [0.15, 0.2) is 5.78 Å². The Morgan fingerprint density at radius 1 is 1.50 bits per heavy atom. The summed E-state index contributed by atoms with van der Waals surface area (Å²) < 4.78 is 0. The van der Waals surface area contributed by atoms with Gasteiger partial charge < -0.3 is 0 Å². The lowest BCUT2D eigenvalue weighted by molar-refractivity contribution is -0.121. The van der Waals surface area contributed by atoms with Crippen molar-refractivity contribution < 1.29 is 4.79 Å². The smallest absolute Gasteiger partial charge is 0.159 e. The van der Waals surface area contributed by atoms with E-state index in [-0.39, 0.29) is 5.92 Å². The molecule has 0 radical (unpaired) electrons. The summed E-state index contributed by atoms with van der Waals surface area (Å²) in [5, 5.41) is 0. The first-order valence-corrected chi connectivity index (χ1v) is 4.73. The van der Waals surface area contributed by atoms with Crippen LogP contribution >= 0.6 is 0 Å². The van der Waals surface area contributed by atoms with Crippen LogP contribution in [0.5, 0.6) is 0 Å². The molecule has 1 aliphatic rings. The molecule has 1 nitrogen and oxygen atoms in total. The van der Waals surface area contributed by atoms with Gasteiger partial charge in [0.25, 0.3) is 0 Å². The van der Waals surface area contributed by atoms with E-state index in [4.69, 9.17) is 0 Å². The molecule has 0 saturated heterocycles. The maximum Gasteiger partial charge on any atom is 0.159 e. The number of allylic oxidation sites excluding steroid dienone is 2. The summed E-state index contributed by atoms with van der Waals surface area (Å²) in [6.07, 6.45) is 2.92. The van der Waals surface area contributed by atoms with Crippen LogP contribution in [-0.4, -0.2) is 5.78 Å². The van der Waals surface area contributed by atoms with Crippen molar-refractivity contribution in [3.8, 4) is 0 Å². The fourth-order valence-electron chi connectivity index (χ4n) is 2.30. The Kier molecular flexibility index (Phi) is 2.71. The van der Waals surface area contributed by atoms with Crippen LogP contribution in [0.15, 0.2) is 11.6 Å². The van der Waals surface area contributed by atoms with E-state index in [0.29, 0.717) is 17.6 Å². The summed E-state index contributed by atoms with van der Waals surface area (Å²) in [5.74, 6) is 1.61. The van der Waals surface area contributed by atoms with Gasteiger partial charge in [-0.3, -0.25) is 4.79 Å². The third-order valence-corrected chi connectivity index (χ3v) is 2.69. The lowest BCUT2D eigenvalue weighted by Gasteiger charge is -2.29. The lowest BCUT2D eigenvalue weighted by atomic mass is 9.74. The van der Waals surface area contributed by atoms with Gasteiger partial charge in [0.2, 0.25) is 0 Å². The second kappa shape index (κ2) is 3.42. The molecule has 0 aromatic heterocycles. The van der Waals surface area contributed by atoms with E-state index in [9.17, 15) is 4.79 Å². The SMILES string of the molecule is CC1=CC(=O)[C@@H](C(C)C)C(C)C1. The molecule has 0 saturated carbocycles. The van der Waals surface area contributed by atoms with E-state index in [2.05, 4.69) is 20.8 Å². The Hall–Kier alpha value is -0.590.